The van der Waals surface area contributed by atoms with Crippen LogP contribution in [-0.2, 0) is 10.0 Å². The summed E-state index contributed by atoms with van der Waals surface area (Å²) in [7, 11) is -3.69. The van der Waals surface area contributed by atoms with E-state index in [0.29, 0.717) is 11.2 Å². The molecule has 1 aromatic heterocycles. The van der Waals surface area contributed by atoms with Crippen LogP contribution in [0.25, 0.3) is 10.8 Å². The molecule has 0 atom stereocenters. The first-order chi connectivity index (χ1) is 10.5. The maximum atomic E-state index is 12.7. The predicted octanol–water partition coefficient (Wildman–Crippen LogP) is 3.65. The highest BCUT2D eigenvalue weighted by atomic mass is 32.2. The number of rotatable bonds is 3. The van der Waals surface area contributed by atoms with E-state index < -0.39 is 10.0 Å². The maximum Gasteiger partial charge on any atom is 0.263 e. The largest absolute Gasteiger partial charge is 0.263 e. The first-order valence-corrected chi connectivity index (χ1v) is 8.40. The molecular weight excluding hydrogens is 296 g/mol. The lowest BCUT2D eigenvalue weighted by atomic mass is 10.1. The van der Waals surface area contributed by atoms with Crippen LogP contribution in [0.4, 0.5) is 5.82 Å². The van der Waals surface area contributed by atoms with Crippen molar-refractivity contribution in [2.75, 3.05) is 4.72 Å². The number of sulfonamides is 1. The van der Waals surface area contributed by atoms with E-state index in [1.807, 2.05) is 44.2 Å². The number of aryl methyl sites for hydroxylation is 2. The summed E-state index contributed by atoms with van der Waals surface area (Å²) < 4.78 is 27.9. The van der Waals surface area contributed by atoms with Crippen molar-refractivity contribution in [1.29, 1.82) is 0 Å². The van der Waals surface area contributed by atoms with E-state index in [-0.39, 0.29) is 4.90 Å². The van der Waals surface area contributed by atoms with Crippen LogP contribution < -0.4 is 4.72 Å². The number of anilines is 1. The van der Waals surface area contributed by atoms with Crippen LogP contribution in [0.15, 0.2) is 59.5 Å². The fourth-order valence-corrected chi connectivity index (χ4v) is 3.74. The summed E-state index contributed by atoms with van der Waals surface area (Å²) >= 11 is 0. The van der Waals surface area contributed by atoms with Crippen LogP contribution in [0, 0.1) is 13.8 Å². The van der Waals surface area contributed by atoms with E-state index in [2.05, 4.69) is 9.71 Å². The highest BCUT2D eigenvalue weighted by molar-refractivity contribution is 7.93. The third kappa shape index (κ3) is 2.80. The summed E-state index contributed by atoms with van der Waals surface area (Å²) in [5.74, 6) is 0.338. The van der Waals surface area contributed by atoms with E-state index in [1.54, 1.807) is 24.3 Å². The smallest absolute Gasteiger partial charge is 0.263 e. The van der Waals surface area contributed by atoms with Gasteiger partial charge in [0.1, 0.15) is 5.82 Å². The lowest BCUT2D eigenvalue weighted by molar-refractivity contribution is 0.602. The number of nitrogens with one attached hydrogen (secondary N) is 1. The van der Waals surface area contributed by atoms with Gasteiger partial charge in [0.05, 0.1) is 4.90 Å². The molecule has 1 heterocycles. The molecule has 112 valence electrons. The number of benzene rings is 2. The van der Waals surface area contributed by atoms with E-state index in [0.717, 1.165) is 16.6 Å². The monoisotopic (exact) mass is 312 g/mol. The van der Waals surface area contributed by atoms with Gasteiger partial charge < -0.3 is 0 Å². The van der Waals surface area contributed by atoms with Crippen molar-refractivity contribution >= 4 is 26.6 Å². The Kier molecular flexibility index (Phi) is 3.58. The van der Waals surface area contributed by atoms with Crippen LogP contribution in [0.5, 0.6) is 0 Å². The second-order valence-corrected chi connectivity index (χ2v) is 6.90. The molecule has 5 heteroatoms. The average molecular weight is 312 g/mol. The molecule has 0 fully saturated rings. The average Bonchev–Trinajstić information content (AvgIpc) is 2.45. The van der Waals surface area contributed by atoms with Gasteiger partial charge in [-0.05, 0) is 43.0 Å². The predicted molar refractivity (Wildman–Crippen MR) is 88.5 cm³/mol. The molecule has 1 N–H and O–H groups in total. The number of pyridine rings is 1. The molecule has 0 unspecified atom stereocenters. The van der Waals surface area contributed by atoms with Crippen molar-refractivity contribution in [3.8, 4) is 0 Å². The van der Waals surface area contributed by atoms with Crippen molar-refractivity contribution in [1.82, 2.24) is 4.98 Å². The van der Waals surface area contributed by atoms with E-state index >= 15 is 0 Å². The minimum absolute atomic E-state index is 0.256. The van der Waals surface area contributed by atoms with E-state index in [9.17, 15) is 8.42 Å². The summed E-state index contributed by atoms with van der Waals surface area (Å²) in [6.07, 6.45) is 0. The Balaban J connectivity index is 2.09. The third-order valence-electron chi connectivity index (χ3n) is 3.38. The lowest BCUT2D eigenvalue weighted by Crippen LogP contribution is -2.14. The van der Waals surface area contributed by atoms with Gasteiger partial charge in [0.25, 0.3) is 10.0 Å². The zero-order valence-electron chi connectivity index (χ0n) is 12.4. The number of fused-ring (bicyclic) bond motifs is 1. The van der Waals surface area contributed by atoms with Gasteiger partial charge in [-0.15, -0.1) is 0 Å². The molecule has 0 aliphatic heterocycles. The molecule has 2 aromatic carbocycles. The first kappa shape index (κ1) is 14.5. The molecule has 0 saturated carbocycles. The molecule has 0 bridgehead atoms. The first-order valence-electron chi connectivity index (χ1n) is 6.91. The Bertz CT molecular complexity index is 924. The molecule has 0 aliphatic carbocycles. The number of nitrogens with zero attached hydrogens (tertiary/aromatic N) is 1. The summed E-state index contributed by atoms with van der Waals surface area (Å²) in [5.41, 5.74) is 1.73. The van der Waals surface area contributed by atoms with Gasteiger partial charge in [-0.25, -0.2) is 13.4 Å². The van der Waals surface area contributed by atoms with Crippen LogP contribution in [0.3, 0.4) is 0 Å². The third-order valence-corrected chi connectivity index (χ3v) is 4.79. The zero-order valence-corrected chi connectivity index (χ0v) is 13.2. The topological polar surface area (TPSA) is 59.1 Å². The molecular formula is C17H16N2O2S. The van der Waals surface area contributed by atoms with Crippen molar-refractivity contribution in [3.63, 3.8) is 0 Å². The molecule has 0 saturated heterocycles. The minimum atomic E-state index is -3.69. The Morgan fingerprint density at radius 1 is 0.955 bits per heavy atom. The second-order valence-electron chi connectivity index (χ2n) is 5.25. The maximum absolute atomic E-state index is 12.7. The molecule has 3 rings (SSSR count). The number of aromatic nitrogens is 1. The summed E-state index contributed by atoms with van der Waals surface area (Å²) in [5, 5.41) is 1.58. The lowest BCUT2D eigenvalue weighted by Gasteiger charge is -2.11. The normalized spacial score (nSPS) is 11.5. The van der Waals surface area contributed by atoms with E-state index in [1.165, 1.54) is 0 Å². The second kappa shape index (κ2) is 5.42. The number of hydrogen-bond acceptors (Lipinski definition) is 3. The standard InChI is InChI=1S/C17H16N2O2S/c1-12-10-13(2)18-17(11-12)19-22(20,21)16-9-5-7-14-6-3-4-8-15(14)16/h3-11H,1-2H3,(H,18,19). The summed E-state index contributed by atoms with van der Waals surface area (Å²) in [4.78, 5) is 4.49. The molecule has 3 aromatic rings. The van der Waals surface area contributed by atoms with Gasteiger partial charge in [0.15, 0.2) is 0 Å². The molecule has 4 nitrogen and oxygen atoms in total. The zero-order chi connectivity index (χ0) is 15.7. The van der Waals surface area contributed by atoms with Crippen LogP contribution in [0.1, 0.15) is 11.3 Å². The van der Waals surface area contributed by atoms with Gasteiger partial charge >= 0.3 is 0 Å². The van der Waals surface area contributed by atoms with Crippen molar-refractivity contribution in [3.05, 3.63) is 65.9 Å². The molecule has 0 aliphatic rings. The Labute approximate surface area is 129 Å². The fraction of sp³-hybridized carbons (Fsp3) is 0.118. The van der Waals surface area contributed by atoms with Gasteiger partial charge in [-0.2, -0.15) is 0 Å². The Morgan fingerprint density at radius 3 is 2.45 bits per heavy atom. The van der Waals surface area contributed by atoms with Gasteiger partial charge in [0, 0.05) is 11.1 Å². The van der Waals surface area contributed by atoms with Gasteiger partial charge in [0.2, 0.25) is 0 Å². The highest BCUT2D eigenvalue weighted by Crippen LogP contribution is 2.24. The van der Waals surface area contributed by atoms with Crippen LogP contribution in [-0.4, -0.2) is 13.4 Å². The van der Waals surface area contributed by atoms with Crippen molar-refractivity contribution < 1.29 is 8.42 Å². The van der Waals surface area contributed by atoms with Crippen LogP contribution in [0.2, 0.25) is 0 Å². The molecule has 0 amide bonds. The van der Waals surface area contributed by atoms with Gasteiger partial charge in [-0.1, -0.05) is 36.4 Å². The molecule has 0 spiro atoms. The van der Waals surface area contributed by atoms with Gasteiger partial charge in [-0.3, -0.25) is 4.72 Å². The van der Waals surface area contributed by atoms with Crippen molar-refractivity contribution in [2.24, 2.45) is 0 Å². The Morgan fingerprint density at radius 2 is 1.68 bits per heavy atom. The summed E-state index contributed by atoms with van der Waals surface area (Å²) in [6, 6.07) is 16.3. The van der Waals surface area contributed by atoms with Crippen molar-refractivity contribution in [2.45, 2.75) is 18.7 Å². The highest BCUT2D eigenvalue weighted by Gasteiger charge is 2.18. The fourth-order valence-electron chi connectivity index (χ4n) is 2.52. The molecule has 0 radical (unpaired) electrons. The molecule has 22 heavy (non-hydrogen) atoms. The Hall–Kier alpha value is -2.40. The summed E-state index contributed by atoms with van der Waals surface area (Å²) in [6.45, 7) is 3.74. The minimum Gasteiger partial charge on any atom is -0.263 e. The number of hydrogen-bond donors (Lipinski definition) is 1. The van der Waals surface area contributed by atoms with Crippen LogP contribution >= 0.6 is 0 Å². The SMILES string of the molecule is Cc1cc(C)nc(NS(=O)(=O)c2cccc3ccccc23)c1. The van der Waals surface area contributed by atoms with E-state index in [4.69, 9.17) is 0 Å². The quantitative estimate of drug-likeness (QED) is 0.803.